The molecule has 1 saturated heterocycles. The Morgan fingerprint density at radius 1 is 1.33 bits per heavy atom. The molecule has 3 N–H and O–H groups in total. The summed E-state index contributed by atoms with van der Waals surface area (Å²) in [6.45, 7) is 0.659. The molecule has 1 aliphatic carbocycles. The van der Waals surface area contributed by atoms with E-state index in [1.165, 1.54) is 25.2 Å². The summed E-state index contributed by atoms with van der Waals surface area (Å²) in [7, 11) is 1.53. The average molecular weight is 495 g/mol. The first-order valence-corrected chi connectivity index (χ1v) is 10.8. The number of halogens is 5. The number of carbonyl (C=O) groups excluding carboxylic acids is 3. The Labute approximate surface area is 194 Å². The van der Waals surface area contributed by atoms with Crippen LogP contribution in [0.25, 0.3) is 0 Å². The molecule has 0 bridgehead atoms. The number of carbonyl (C=O) groups is 3. The number of likely N-dealkylation sites (N-methyl/N-ethyl adjacent to an activating group) is 1. The summed E-state index contributed by atoms with van der Waals surface area (Å²) in [4.78, 5) is 34.8. The Morgan fingerprint density at radius 3 is 2.70 bits per heavy atom. The zero-order valence-electron chi connectivity index (χ0n) is 18.1. The monoisotopic (exact) mass is 494 g/mol. The second-order valence-corrected chi connectivity index (χ2v) is 8.42. The summed E-state index contributed by atoms with van der Waals surface area (Å²) >= 11 is 6.04. The molecule has 1 aromatic carbocycles. The molecule has 3 atom stereocenters. The van der Waals surface area contributed by atoms with E-state index in [0.29, 0.717) is 36.4 Å². The molecule has 2 aliphatic rings. The number of alkyl halides is 3. The van der Waals surface area contributed by atoms with Crippen LogP contribution in [0.5, 0.6) is 0 Å². The molecule has 184 valence electrons. The molecule has 12 heteroatoms. The molecule has 1 heterocycles. The molecule has 1 aromatic rings. The van der Waals surface area contributed by atoms with Crippen molar-refractivity contribution in [3.63, 3.8) is 0 Å². The van der Waals surface area contributed by atoms with E-state index in [-0.39, 0.29) is 43.8 Å². The summed E-state index contributed by atoms with van der Waals surface area (Å²) < 4.78 is 50.0. The molecule has 2 fully saturated rings. The van der Waals surface area contributed by atoms with Crippen LogP contribution in [0.1, 0.15) is 37.3 Å². The van der Waals surface area contributed by atoms with Crippen molar-refractivity contribution in [2.45, 2.75) is 43.9 Å². The Morgan fingerprint density at radius 2 is 2.06 bits per heavy atom. The summed E-state index contributed by atoms with van der Waals surface area (Å²) in [6, 6.07) is 3.30. The summed E-state index contributed by atoms with van der Waals surface area (Å²) in [5.41, 5.74) is 0.515. The third-order valence-corrected chi connectivity index (χ3v) is 5.91. The van der Waals surface area contributed by atoms with Crippen LogP contribution in [0.4, 0.5) is 17.6 Å². The van der Waals surface area contributed by atoms with Crippen molar-refractivity contribution < 1.29 is 31.9 Å². The van der Waals surface area contributed by atoms with Gasteiger partial charge in [0.05, 0.1) is 25.0 Å². The van der Waals surface area contributed by atoms with E-state index in [1.54, 1.807) is 4.90 Å². The average Bonchev–Trinajstić information content (AvgIpc) is 2.75. The van der Waals surface area contributed by atoms with Crippen molar-refractivity contribution in [2.24, 2.45) is 5.92 Å². The van der Waals surface area contributed by atoms with Gasteiger partial charge in [0.1, 0.15) is 5.82 Å². The second-order valence-electron chi connectivity index (χ2n) is 8.02. The van der Waals surface area contributed by atoms with Crippen molar-refractivity contribution in [3.8, 4) is 0 Å². The maximum atomic E-state index is 13.3. The van der Waals surface area contributed by atoms with Gasteiger partial charge in [0.2, 0.25) is 18.2 Å². The highest BCUT2D eigenvalue weighted by atomic mass is 35.5. The molecule has 0 spiro atoms. The minimum Gasteiger partial charge on any atom is -0.358 e. The van der Waals surface area contributed by atoms with Crippen LogP contribution in [0.3, 0.4) is 0 Å². The molecule has 0 radical (unpaired) electrons. The van der Waals surface area contributed by atoms with Gasteiger partial charge in [-0.3, -0.25) is 19.3 Å². The standard InChI is InChI=1S/C13H15ClFN3O2.C8H12F3NO/c1-16-12(19)6-18-5-11(17-13(20)7-18)9-4-8(15)2-3-10(9)14;9-8(10,11)6-2-1-3-7(4-6)12-5-13/h2-4,11H,5-7H2,1H3,(H,16,19)(H,17,20);5-7H,1-4H2,(H,12,13). The fourth-order valence-electron chi connectivity index (χ4n) is 3.91. The van der Waals surface area contributed by atoms with E-state index in [0.717, 1.165) is 0 Å². The fourth-order valence-corrected chi connectivity index (χ4v) is 4.16. The molecular weight excluding hydrogens is 468 g/mol. The third kappa shape index (κ3) is 8.47. The fraction of sp³-hybridized carbons (Fsp3) is 0.571. The molecule has 33 heavy (non-hydrogen) atoms. The lowest BCUT2D eigenvalue weighted by molar-refractivity contribution is -0.183. The van der Waals surface area contributed by atoms with Crippen molar-refractivity contribution in [2.75, 3.05) is 26.7 Å². The van der Waals surface area contributed by atoms with E-state index >= 15 is 0 Å². The molecule has 0 aromatic heterocycles. The van der Waals surface area contributed by atoms with Crippen LogP contribution in [-0.4, -0.2) is 62.0 Å². The molecule has 1 aliphatic heterocycles. The first-order valence-electron chi connectivity index (χ1n) is 10.5. The zero-order valence-corrected chi connectivity index (χ0v) is 18.8. The van der Waals surface area contributed by atoms with Gasteiger partial charge in [-0.2, -0.15) is 13.2 Å². The van der Waals surface area contributed by atoms with Gasteiger partial charge in [-0.1, -0.05) is 18.0 Å². The largest absolute Gasteiger partial charge is 0.391 e. The van der Waals surface area contributed by atoms with Gasteiger partial charge in [0.15, 0.2) is 0 Å². The van der Waals surface area contributed by atoms with Crippen LogP contribution < -0.4 is 16.0 Å². The maximum absolute atomic E-state index is 13.3. The van der Waals surface area contributed by atoms with Gasteiger partial charge >= 0.3 is 6.18 Å². The Bertz CT molecular complexity index is 840. The van der Waals surface area contributed by atoms with E-state index in [4.69, 9.17) is 11.6 Å². The lowest BCUT2D eigenvalue weighted by Crippen LogP contribution is -2.52. The quantitative estimate of drug-likeness (QED) is 0.433. The van der Waals surface area contributed by atoms with Gasteiger partial charge in [-0.05, 0) is 43.0 Å². The maximum Gasteiger partial charge on any atom is 0.391 e. The normalized spacial score (nSPS) is 23.6. The smallest absolute Gasteiger partial charge is 0.358 e. The number of piperazine rings is 1. The van der Waals surface area contributed by atoms with Crippen LogP contribution in [-0.2, 0) is 14.4 Å². The highest BCUT2D eigenvalue weighted by Gasteiger charge is 2.42. The summed E-state index contributed by atoms with van der Waals surface area (Å²) in [5, 5.41) is 8.06. The van der Waals surface area contributed by atoms with Crippen molar-refractivity contribution in [3.05, 3.63) is 34.6 Å². The predicted molar refractivity (Wildman–Crippen MR) is 114 cm³/mol. The highest BCUT2D eigenvalue weighted by molar-refractivity contribution is 6.31. The van der Waals surface area contributed by atoms with Gasteiger partial charge < -0.3 is 16.0 Å². The van der Waals surface area contributed by atoms with Crippen LogP contribution in [0.15, 0.2) is 18.2 Å². The van der Waals surface area contributed by atoms with Gasteiger partial charge in [-0.15, -0.1) is 0 Å². The number of rotatable bonds is 5. The molecule has 1 saturated carbocycles. The first-order chi connectivity index (χ1) is 15.5. The van der Waals surface area contributed by atoms with Gasteiger partial charge in [0.25, 0.3) is 0 Å². The van der Waals surface area contributed by atoms with E-state index in [9.17, 15) is 31.9 Å². The van der Waals surface area contributed by atoms with E-state index < -0.39 is 24.0 Å². The number of hydrogen-bond donors (Lipinski definition) is 3. The molecular formula is C21H27ClF4N4O3. The van der Waals surface area contributed by atoms with E-state index in [2.05, 4.69) is 16.0 Å². The zero-order chi connectivity index (χ0) is 24.6. The van der Waals surface area contributed by atoms with Gasteiger partial charge in [-0.25, -0.2) is 4.39 Å². The Kier molecular flexibility index (Phi) is 9.90. The minimum absolute atomic E-state index is 0.0300. The molecule has 3 amide bonds. The minimum atomic E-state index is -4.11. The van der Waals surface area contributed by atoms with Crippen molar-refractivity contribution >= 4 is 29.8 Å². The molecule has 3 rings (SSSR count). The predicted octanol–water partition coefficient (Wildman–Crippen LogP) is 2.55. The third-order valence-electron chi connectivity index (χ3n) is 5.56. The number of benzene rings is 1. The van der Waals surface area contributed by atoms with Crippen LogP contribution in [0, 0.1) is 11.7 Å². The van der Waals surface area contributed by atoms with Crippen molar-refractivity contribution in [1.82, 2.24) is 20.9 Å². The highest BCUT2D eigenvalue weighted by Crippen LogP contribution is 2.37. The topological polar surface area (TPSA) is 90.5 Å². The number of amides is 3. The van der Waals surface area contributed by atoms with Crippen LogP contribution in [0.2, 0.25) is 5.02 Å². The Hall–Kier alpha value is -2.40. The molecule has 7 nitrogen and oxygen atoms in total. The van der Waals surface area contributed by atoms with Crippen molar-refractivity contribution in [1.29, 1.82) is 0 Å². The first kappa shape index (κ1) is 26.8. The summed E-state index contributed by atoms with van der Waals surface area (Å²) in [5.74, 6) is -2.05. The number of nitrogens with zero attached hydrogens (tertiary/aromatic N) is 1. The molecule has 3 unspecified atom stereocenters. The number of hydrogen-bond acceptors (Lipinski definition) is 4. The SMILES string of the molecule is CNC(=O)CN1CC(=O)NC(c2cc(F)ccc2Cl)C1.O=CNC1CCCC(C(F)(F)F)C1. The van der Waals surface area contributed by atoms with Gasteiger partial charge in [0, 0.05) is 24.7 Å². The van der Waals surface area contributed by atoms with E-state index in [1.807, 2.05) is 0 Å². The summed E-state index contributed by atoms with van der Waals surface area (Å²) in [6.07, 6.45) is -2.21. The lowest BCUT2D eigenvalue weighted by atomic mass is 9.85. The lowest BCUT2D eigenvalue weighted by Gasteiger charge is -2.33. The number of nitrogens with one attached hydrogen (secondary N) is 3. The second kappa shape index (κ2) is 12.2. The van der Waals surface area contributed by atoms with Crippen LogP contribution >= 0.6 is 11.6 Å². The Balaban J connectivity index is 0.000000257.